The fourth-order valence-electron chi connectivity index (χ4n) is 3.81. The molecule has 1 aliphatic rings. The molecular formula is C26H32N4O9S. The fraction of sp³-hybridized carbons (Fsp3) is 0.423. The first-order valence-corrected chi connectivity index (χ1v) is 14.2. The Bertz CT molecular complexity index is 1340. The highest BCUT2D eigenvalue weighted by Crippen LogP contribution is 2.27. The number of hydrogen-bond acceptors (Lipinski definition) is 9. The van der Waals surface area contributed by atoms with Crippen molar-refractivity contribution in [2.45, 2.75) is 56.9 Å². The van der Waals surface area contributed by atoms with Crippen LogP contribution < -0.4 is 24.8 Å². The van der Waals surface area contributed by atoms with Gasteiger partial charge in [-0.3, -0.25) is 14.4 Å². The van der Waals surface area contributed by atoms with Crippen LogP contribution in [-0.2, 0) is 14.8 Å². The second-order valence-electron chi connectivity index (χ2n) is 9.64. The van der Waals surface area contributed by atoms with Crippen LogP contribution in [0.5, 0.6) is 11.6 Å². The number of aromatic nitrogens is 1. The molecule has 1 heterocycles. The van der Waals surface area contributed by atoms with Crippen LogP contribution in [0.25, 0.3) is 0 Å². The fourth-order valence-corrected chi connectivity index (χ4v) is 4.78. The SMILES string of the molecule is CC(C)COc1cc(C(=O)NS(=O)(=O)c2ccc(C(=O)NC3CCCCC3)cc2)cnc1OC(=O)NCC(=O)O. The first-order chi connectivity index (χ1) is 18.9. The molecule has 0 bridgehead atoms. The number of rotatable bonds is 11. The Balaban J connectivity index is 1.70. The Kier molecular flexibility index (Phi) is 10.4. The van der Waals surface area contributed by atoms with Gasteiger partial charge in [0.1, 0.15) is 6.54 Å². The number of hydrogen-bond donors (Lipinski definition) is 4. The van der Waals surface area contributed by atoms with Crippen LogP contribution in [0.4, 0.5) is 4.79 Å². The lowest BCUT2D eigenvalue weighted by molar-refractivity contribution is -0.135. The maximum atomic E-state index is 12.8. The summed E-state index contributed by atoms with van der Waals surface area (Å²) in [4.78, 5) is 51.4. The molecule has 0 radical (unpaired) electrons. The van der Waals surface area contributed by atoms with Gasteiger partial charge in [-0.2, -0.15) is 0 Å². The Hall–Kier alpha value is -4.20. The predicted molar refractivity (Wildman–Crippen MR) is 142 cm³/mol. The second-order valence-corrected chi connectivity index (χ2v) is 11.3. The molecular weight excluding hydrogens is 544 g/mol. The summed E-state index contributed by atoms with van der Waals surface area (Å²) in [5, 5.41) is 13.6. The van der Waals surface area contributed by atoms with Crippen molar-refractivity contribution in [3.63, 3.8) is 0 Å². The molecule has 3 amide bonds. The van der Waals surface area contributed by atoms with Crippen molar-refractivity contribution in [1.82, 2.24) is 20.3 Å². The van der Waals surface area contributed by atoms with Crippen molar-refractivity contribution >= 4 is 33.9 Å². The van der Waals surface area contributed by atoms with Gasteiger partial charge in [-0.1, -0.05) is 33.1 Å². The average molecular weight is 577 g/mol. The van der Waals surface area contributed by atoms with Crippen molar-refractivity contribution in [3.05, 3.63) is 47.7 Å². The lowest BCUT2D eigenvalue weighted by atomic mass is 9.95. The number of nitrogens with zero attached hydrogens (tertiary/aromatic N) is 1. The largest absolute Gasteiger partial charge is 0.488 e. The molecule has 0 unspecified atom stereocenters. The van der Waals surface area contributed by atoms with Crippen LogP contribution in [0, 0.1) is 5.92 Å². The number of aliphatic carboxylic acids is 1. The molecule has 40 heavy (non-hydrogen) atoms. The predicted octanol–water partition coefficient (Wildman–Crippen LogP) is 2.47. The summed E-state index contributed by atoms with van der Waals surface area (Å²) in [7, 11) is -4.31. The van der Waals surface area contributed by atoms with E-state index in [2.05, 4.69) is 10.3 Å². The number of benzene rings is 1. The van der Waals surface area contributed by atoms with Crippen molar-refractivity contribution in [2.75, 3.05) is 13.2 Å². The molecule has 14 heteroatoms. The van der Waals surface area contributed by atoms with Gasteiger partial charge in [-0.25, -0.2) is 22.9 Å². The van der Waals surface area contributed by atoms with Crippen LogP contribution in [-0.4, -0.2) is 61.6 Å². The van der Waals surface area contributed by atoms with Gasteiger partial charge in [-0.05, 0) is 43.0 Å². The zero-order valence-electron chi connectivity index (χ0n) is 22.1. The number of carboxylic acid groups (broad SMARTS) is 1. The van der Waals surface area contributed by atoms with E-state index in [1.165, 1.54) is 24.3 Å². The van der Waals surface area contributed by atoms with E-state index in [4.69, 9.17) is 14.6 Å². The maximum absolute atomic E-state index is 12.8. The van der Waals surface area contributed by atoms with Crippen LogP contribution in [0.2, 0.25) is 0 Å². The summed E-state index contributed by atoms with van der Waals surface area (Å²) in [6.07, 6.45) is 4.95. The van der Waals surface area contributed by atoms with Gasteiger partial charge < -0.3 is 25.2 Å². The molecule has 216 valence electrons. The Morgan fingerprint density at radius 1 is 1.02 bits per heavy atom. The minimum absolute atomic E-state index is 0.0410. The van der Waals surface area contributed by atoms with E-state index in [0.717, 1.165) is 44.4 Å². The molecule has 0 aliphatic heterocycles. The van der Waals surface area contributed by atoms with Gasteiger partial charge in [0, 0.05) is 23.9 Å². The minimum Gasteiger partial charge on any atom is -0.488 e. The molecule has 0 saturated heterocycles. The first kappa shape index (κ1) is 30.3. The van der Waals surface area contributed by atoms with E-state index in [1.54, 1.807) is 0 Å². The Morgan fingerprint density at radius 3 is 2.33 bits per heavy atom. The number of carbonyl (C=O) groups is 4. The smallest absolute Gasteiger partial charge is 0.414 e. The highest BCUT2D eigenvalue weighted by molar-refractivity contribution is 7.90. The maximum Gasteiger partial charge on any atom is 0.414 e. The highest BCUT2D eigenvalue weighted by atomic mass is 32.2. The highest BCUT2D eigenvalue weighted by Gasteiger charge is 2.23. The molecule has 3 rings (SSSR count). The molecule has 0 atom stereocenters. The minimum atomic E-state index is -4.31. The third-order valence-electron chi connectivity index (χ3n) is 5.82. The van der Waals surface area contributed by atoms with Gasteiger partial charge in [0.2, 0.25) is 0 Å². The summed E-state index contributed by atoms with van der Waals surface area (Å²) in [5.41, 5.74) is 0.0964. The van der Waals surface area contributed by atoms with Crippen LogP contribution in [0.3, 0.4) is 0 Å². The van der Waals surface area contributed by atoms with Crippen LogP contribution in [0.1, 0.15) is 66.7 Å². The summed E-state index contributed by atoms with van der Waals surface area (Å²) in [6.45, 7) is 3.16. The van der Waals surface area contributed by atoms with E-state index in [9.17, 15) is 27.6 Å². The van der Waals surface area contributed by atoms with Crippen molar-refractivity contribution in [3.8, 4) is 11.6 Å². The van der Waals surface area contributed by atoms with E-state index in [0.29, 0.717) is 5.56 Å². The van der Waals surface area contributed by atoms with Gasteiger partial charge in [0.05, 0.1) is 17.1 Å². The number of carboxylic acids is 1. The van der Waals surface area contributed by atoms with Gasteiger partial charge >= 0.3 is 12.1 Å². The average Bonchev–Trinajstić information content (AvgIpc) is 2.91. The zero-order valence-corrected chi connectivity index (χ0v) is 23.0. The molecule has 4 N–H and O–H groups in total. The van der Waals surface area contributed by atoms with Crippen LogP contribution in [0.15, 0.2) is 41.4 Å². The second kappa shape index (κ2) is 13.7. The summed E-state index contributed by atoms with van der Waals surface area (Å²) in [6, 6.07) is 6.46. The number of ether oxygens (including phenoxy) is 2. The van der Waals surface area contributed by atoms with E-state index < -0.39 is 34.5 Å². The number of pyridine rings is 1. The van der Waals surface area contributed by atoms with Crippen molar-refractivity contribution in [2.24, 2.45) is 5.92 Å². The van der Waals surface area contributed by atoms with Crippen molar-refractivity contribution < 1.29 is 42.2 Å². The molecule has 13 nitrogen and oxygen atoms in total. The van der Waals surface area contributed by atoms with Gasteiger partial charge in [0.15, 0.2) is 5.75 Å². The normalized spacial score (nSPS) is 13.8. The number of nitrogens with one attached hydrogen (secondary N) is 3. The zero-order chi connectivity index (χ0) is 29.3. The first-order valence-electron chi connectivity index (χ1n) is 12.7. The molecule has 1 fully saturated rings. The molecule has 1 saturated carbocycles. The standard InChI is InChI=1S/C26H32N4O9S/c1-16(2)15-38-21-12-18(13-27-25(21)39-26(35)28-14-22(31)32)24(34)30-40(36,37)20-10-8-17(9-11-20)23(33)29-19-6-4-3-5-7-19/h8-13,16,19H,3-7,14-15H2,1-2H3,(H,28,35)(H,29,33)(H,30,34)(H,31,32). The topological polar surface area (TPSA) is 190 Å². The van der Waals surface area contributed by atoms with Gasteiger partial charge in [-0.15, -0.1) is 0 Å². The molecule has 1 aliphatic carbocycles. The summed E-state index contributed by atoms with van der Waals surface area (Å²) >= 11 is 0. The number of carbonyl (C=O) groups excluding carboxylic acids is 3. The lowest BCUT2D eigenvalue weighted by Gasteiger charge is -2.22. The number of sulfonamides is 1. The Morgan fingerprint density at radius 2 is 1.70 bits per heavy atom. The summed E-state index contributed by atoms with van der Waals surface area (Å²) < 4.78 is 38.2. The number of amides is 3. The molecule has 1 aromatic carbocycles. The molecule has 2 aromatic rings. The quantitative estimate of drug-likeness (QED) is 0.309. The lowest BCUT2D eigenvalue weighted by Crippen LogP contribution is -2.36. The van der Waals surface area contributed by atoms with Crippen molar-refractivity contribution in [1.29, 1.82) is 0 Å². The van der Waals surface area contributed by atoms with E-state index >= 15 is 0 Å². The monoisotopic (exact) mass is 576 g/mol. The third-order valence-corrected chi connectivity index (χ3v) is 7.17. The molecule has 0 spiro atoms. The van der Waals surface area contributed by atoms with Gasteiger partial charge in [0.25, 0.3) is 27.7 Å². The molecule has 1 aromatic heterocycles. The third kappa shape index (κ3) is 8.93. The van der Waals surface area contributed by atoms with E-state index in [-0.39, 0.29) is 46.6 Å². The van der Waals surface area contributed by atoms with E-state index in [1.807, 2.05) is 23.9 Å². The van der Waals surface area contributed by atoms with Crippen LogP contribution >= 0.6 is 0 Å². The Labute approximate surface area is 231 Å². The summed E-state index contributed by atoms with van der Waals surface area (Å²) in [5.74, 6) is -3.03.